The molecule has 19 heavy (non-hydrogen) atoms. The predicted octanol–water partition coefficient (Wildman–Crippen LogP) is 4.45. The summed E-state index contributed by atoms with van der Waals surface area (Å²) in [4.78, 5) is 0. The van der Waals surface area contributed by atoms with Gasteiger partial charge in [-0.15, -0.1) is 0 Å². The number of hydrogen-bond acceptors (Lipinski definition) is 0. The molecule has 0 fully saturated rings. The second-order valence-electron chi connectivity index (χ2n) is 5.14. The fraction of sp³-hybridized carbons (Fsp3) is 0.176. The minimum Gasteiger partial charge on any atom is -0.343 e. The zero-order chi connectivity index (χ0) is 13.4. The summed E-state index contributed by atoms with van der Waals surface area (Å²) in [5.41, 5.74) is 4.90. The standard InChI is InChI=1S/C17H16FN/c1-12-7-13(2)9-14(8-12)11-19-6-5-15-10-16(18)3-4-17(15)19/h3-10H,11H2,1-2H3. The first-order valence-electron chi connectivity index (χ1n) is 6.43. The van der Waals surface area contributed by atoms with Crippen molar-refractivity contribution in [3.63, 3.8) is 0 Å². The molecule has 1 aromatic heterocycles. The van der Waals surface area contributed by atoms with Gasteiger partial charge in [-0.25, -0.2) is 4.39 Å². The van der Waals surface area contributed by atoms with Crippen LogP contribution in [0, 0.1) is 19.7 Å². The number of benzene rings is 2. The molecule has 0 aliphatic heterocycles. The molecule has 0 aliphatic rings. The highest BCUT2D eigenvalue weighted by Crippen LogP contribution is 2.19. The summed E-state index contributed by atoms with van der Waals surface area (Å²) in [6, 6.07) is 13.5. The molecule has 0 radical (unpaired) electrons. The van der Waals surface area contributed by atoms with Crippen LogP contribution in [0.2, 0.25) is 0 Å². The van der Waals surface area contributed by atoms with Crippen molar-refractivity contribution < 1.29 is 4.39 Å². The molecule has 0 N–H and O–H groups in total. The van der Waals surface area contributed by atoms with Gasteiger partial charge in [-0.1, -0.05) is 29.3 Å². The summed E-state index contributed by atoms with van der Waals surface area (Å²) < 4.78 is 15.3. The van der Waals surface area contributed by atoms with Crippen LogP contribution in [0.1, 0.15) is 16.7 Å². The summed E-state index contributed by atoms with van der Waals surface area (Å²) in [5.74, 6) is -0.184. The Morgan fingerprint density at radius 2 is 1.68 bits per heavy atom. The van der Waals surface area contributed by atoms with E-state index in [1.54, 1.807) is 6.07 Å². The van der Waals surface area contributed by atoms with Gasteiger partial charge < -0.3 is 4.57 Å². The Morgan fingerprint density at radius 3 is 2.42 bits per heavy atom. The highest BCUT2D eigenvalue weighted by atomic mass is 19.1. The lowest BCUT2D eigenvalue weighted by molar-refractivity contribution is 0.629. The Morgan fingerprint density at radius 1 is 0.947 bits per heavy atom. The highest BCUT2D eigenvalue weighted by Gasteiger charge is 2.03. The SMILES string of the molecule is Cc1cc(C)cc(Cn2ccc3cc(F)ccc32)c1. The first-order chi connectivity index (χ1) is 9.11. The van der Waals surface area contributed by atoms with Crippen LogP contribution in [0.25, 0.3) is 10.9 Å². The molecular weight excluding hydrogens is 237 g/mol. The van der Waals surface area contributed by atoms with Crippen molar-refractivity contribution in [1.29, 1.82) is 0 Å². The normalized spacial score (nSPS) is 11.1. The molecule has 96 valence electrons. The molecule has 1 heterocycles. The van der Waals surface area contributed by atoms with Crippen LogP contribution in [-0.2, 0) is 6.54 Å². The molecule has 2 heteroatoms. The lowest BCUT2D eigenvalue weighted by Gasteiger charge is -2.08. The van der Waals surface area contributed by atoms with E-state index in [2.05, 4.69) is 36.6 Å². The van der Waals surface area contributed by atoms with E-state index in [-0.39, 0.29) is 5.82 Å². The third-order valence-corrected chi connectivity index (χ3v) is 3.37. The number of nitrogens with zero attached hydrogens (tertiary/aromatic N) is 1. The molecule has 0 unspecified atom stereocenters. The van der Waals surface area contributed by atoms with E-state index in [1.165, 1.54) is 22.8 Å². The average Bonchev–Trinajstić information content (AvgIpc) is 2.70. The molecule has 0 spiro atoms. The van der Waals surface area contributed by atoms with E-state index >= 15 is 0 Å². The number of hydrogen-bond donors (Lipinski definition) is 0. The second-order valence-corrected chi connectivity index (χ2v) is 5.14. The largest absolute Gasteiger partial charge is 0.343 e. The minimum atomic E-state index is -0.184. The predicted molar refractivity (Wildman–Crippen MR) is 76.9 cm³/mol. The van der Waals surface area contributed by atoms with Gasteiger partial charge in [-0.05, 0) is 43.7 Å². The quantitative estimate of drug-likeness (QED) is 0.636. The summed E-state index contributed by atoms with van der Waals surface area (Å²) >= 11 is 0. The van der Waals surface area contributed by atoms with Crippen LogP contribution in [0.3, 0.4) is 0 Å². The summed E-state index contributed by atoms with van der Waals surface area (Å²) in [7, 11) is 0. The molecule has 0 bridgehead atoms. The Kier molecular flexibility index (Phi) is 2.86. The lowest BCUT2D eigenvalue weighted by atomic mass is 10.1. The van der Waals surface area contributed by atoms with Crippen molar-refractivity contribution in [3.8, 4) is 0 Å². The number of halogens is 1. The third-order valence-electron chi connectivity index (χ3n) is 3.37. The fourth-order valence-electron chi connectivity index (χ4n) is 2.67. The third kappa shape index (κ3) is 2.39. The Labute approximate surface area is 112 Å². The lowest BCUT2D eigenvalue weighted by Crippen LogP contribution is -1.98. The molecule has 0 aliphatic carbocycles. The van der Waals surface area contributed by atoms with Crippen molar-refractivity contribution >= 4 is 10.9 Å². The Balaban J connectivity index is 2.01. The second kappa shape index (κ2) is 4.54. The number of fused-ring (bicyclic) bond motifs is 1. The maximum absolute atomic E-state index is 13.2. The molecule has 0 amide bonds. The Hall–Kier alpha value is -2.09. The fourth-order valence-corrected chi connectivity index (χ4v) is 2.67. The molecule has 0 atom stereocenters. The molecular formula is C17H16FN. The topological polar surface area (TPSA) is 4.93 Å². The van der Waals surface area contributed by atoms with Crippen molar-refractivity contribution in [3.05, 3.63) is 71.2 Å². The van der Waals surface area contributed by atoms with E-state index in [1.807, 2.05) is 18.3 Å². The minimum absolute atomic E-state index is 0.184. The zero-order valence-electron chi connectivity index (χ0n) is 11.2. The number of aryl methyl sites for hydroxylation is 2. The van der Waals surface area contributed by atoms with Crippen molar-refractivity contribution in [1.82, 2.24) is 4.57 Å². The van der Waals surface area contributed by atoms with Crippen molar-refractivity contribution in [2.24, 2.45) is 0 Å². The van der Waals surface area contributed by atoms with E-state index in [0.717, 1.165) is 17.4 Å². The van der Waals surface area contributed by atoms with Gasteiger partial charge in [0.25, 0.3) is 0 Å². The molecule has 3 aromatic rings. The Bertz CT molecular complexity index is 720. The average molecular weight is 253 g/mol. The van der Waals surface area contributed by atoms with Gasteiger partial charge >= 0.3 is 0 Å². The molecule has 3 rings (SSSR count). The van der Waals surface area contributed by atoms with Gasteiger partial charge in [-0.2, -0.15) is 0 Å². The summed E-state index contributed by atoms with van der Waals surface area (Å²) in [5, 5.41) is 0.948. The summed E-state index contributed by atoms with van der Waals surface area (Å²) in [6.45, 7) is 5.04. The van der Waals surface area contributed by atoms with Crippen LogP contribution in [0.15, 0.2) is 48.7 Å². The maximum atomic E-state index is 13.2. The van der Waals surface area contributed by atoms with Crippen molar-refractivity contribution in [2.75, 3.05) is 0 Å². The highest BCUT2D eigenvalue weighted by molar-refractivity contribution is 5.80. The van der Waals surface area contributed by atoms with Gasteiger partial charge in [-0.3, -0.25) is 0 Å². The van der Waals surface area contributed by atoms with Gasteiger partial charge in [0.1, 0.15) is 5.82 Å². The van der Waals surface area contributed by atoms with Crippen LogP contribution in [0.5, 0.6) is 0 Å². The smallest absolute Gasteiger partial charge is 0.123 e. The monoisotopic (exact) mass is 253 g/mol. The van der Waals surface area contributed by atoms with E-state index in [0.29, 0.717) is 0 Å². The van der Waals surface area contributed by atoms with Crippen LogP contribution in [0.4, 0.5) is 4.39 Å². The zero-order valence-corrected chi connectivity index (χ0v) is 11.2. The van der Waals surface area contributed by atoms with Crippen LogP contribution < -0.4 is 0 Å². The van der Waals surface area contributed by atoms with Crippen LogP contribution in [-0.4, -0.2) is 4.57 Å². The summed E-state index contributed by atoms with van der Waals surface area (Å²) in [6.07, 6.45) is 2.02. The van der Waals surface area contributed by atoms with E-state index < -0.39 is 0 Å². The molecule has 1 nitrogen and oxygen atoms in total. The first kappa shape index (κ1) is 12.0. The van der Waals surface area contributed by atoms with Gasteiger partial charge in [0, 0.05) is 23.6 Å². The number of aromatic nitrogens is 1. The van der Waals surface area contributed by atoms with Crippen molar-refractivity contribution in [2.45, 2.75) is 20.4 Å². The van der Waals surface area contributed by atoms with Crippen LogP contribution >= 0.6 is 0 Å². The first-order valence-corrected chi connectivity index (χ1v) is 6.43. The maximum Gasteiger partial charge on any atom is 0.123 e. The van der Waals surface area contributed by atoms with E-state index in [9.17, 15) is 4.39 Å². The van der Waals surface area contributed by atoms with E-state index in [4.69, 9.17) is 0 Å². The molecule has 0 saturated heterocycles. The van der Waals surface area contributed by atoms with Gasteiger partial charge in [0.2, 0.25) is 0 Å². The number of rotatable bonds is 2. The van der Waals surface area contributed by atoms with Gasteiger partial charge in [0.15, 0.2) is 0 Å². The molecule has 2 aromatic carbocycles. The van der Waals surface area contributed by atoms with Gasteiger partial charge in [0.05, 0.1) is 0 Å². The molecule has 0 saturated carbocycles.